The Morgan fingerprint density at radius 3 is 2.35 bits per heavy atom. The van der Waals surface area contributed by atoms with Gasteiger partial charge in [-0.05, 0) is 37.1 Å². The molecule has 0 aromatic heterocycles. The summed E-state index contributed by atoms with van der Waals surface area (Å²) in [6.45, 7) is 4.10. The minimum atomic E-state index is 0.502. The van der Waals surface area contributed by atoms with Crippen LogP contribution >= 0.6 is 0 Å². The number of aldehydes is 1. The van der Waals surface area contributed by atoms with E-state index in [1.165, 1.54) is 18.5 Å². The van der Waals surface area contributed by atoms with Crippen LogP contribution in [0.2, 0.25) is 0 Å². The van der Waals surface area contributed by atoms with Gasteiger partial charge < -0.3 is 9.64 Å². The molecule has 90 valence electrons. The number of carbonyl (C=O) groups excluding carboxylic acids is 1. The molecule has 2 aliphatic rings. The number of carbonyl (C=O) groups is 1. The summed E-state index contributed by atoms with van der Waals surface area (Å²) in [6, 6.07) is 7.85. The van der Waals surface area contributed by atoms with Gasteiger partial charge in [0.2, 0.25) is 0 Å². The lowest BCUT2D eigenvalue weighted by Gasteiger charge is -2.53. The third kappa shape index (κ3) is 1.95. The molecule has 0 amide bonds. The number of benzene rings is 1. The summed E-state index contributed by atoms with van der Waals surface area (Å²) in [5, 5.41) is 0. The van der Waals surface area contributed by atoms with Crippen LogP contribution in [-0.2, 0) is 4.74 Å². The third-order valence-electron chi connectivity index (χ3n) is 4.00. The Labute approximate surface area is 101 Å². The highest BCUT2D eigenvalue weighted by molar-refractivity contribution is 5.75. The molecule has 0 aliphatic carbocycles. The molecule has 3 rings (SSSR count). The lowest BCUT2D eigenvalue weighted by Crippen LogP contribution is -2.58. The molecule has 0 unspecified atom stereocenters. The molecule has 0 saturated carbocycles. The van der Waals surface area contributed by atoms with E-state index >= 15 is 0 Å². The van der Waals surface area contributed by atoms with Gasteiger partial charge in [0, 0.05) is 43.0 Å². The van der Waals surface area contributed by atoms with Gasteiger partial charge in [0.1, 0.15) is 6.29 Å². The Kier molecular flexibility index (Phi) is 2.63. The summed E-state index contributed by atoms with van der Waals surface area (Å²) in [5.41, 5.74) is 2.48. The van der Waals surface area contributed by atoms with Crippen molar-refractivity contribution in [1.82, 2.24) is 0 Å². The summed E-state index contributed by atoms with van der Waals surface area (Å²) in [7, 11) is 0. The zero-order valence-corrected chi connectivity index (χ0v) is 9.89. The zero-order chi connectivity index (χ0) is 11.7. The standard InChI is InChI=1S/C14H17NO2/c16-9-12-1-3-13(4-2-12)15-10-14(11-15)5-7-17-8-6-14/h1-4,9H,5-8,10-11H2. The van der Waals surface area contributed by atoms with Crippen LogP contribution in [0.5, 0.6) is 0 Å². The van der Waals surface area contributed by atoms with Crippen LogP contribution in [0.25, 0.3) is 0 Å². The number of hydrogen-bond acceptors (Lipinski definition) is 3. The SMILES string of the molecule is O=Cc1ccc(N2CC3(CCOCC3)C2)cc1. The molecule has 17 heavy (non-hydrogen) atoms. The normalized spacial score (nSPS) is 22.2. The van der Waals surface area contributed by atoms with Crippen LogP contribution in [0, 0.1) is 5.41 Å². The smallest absolute Gasteiger partial charge is 0.150 e. The van der Waals surface area contributed by atoms with Crippen molar-refractivity contribution in [2.24, 2.45) is 5.41 Å². The first kappa shape index (κ1) is 10.8. The first-order valence-electron chi connectivity index (χ1n) is 6.19. The van der Waals surface area contributed by atoms with Crippen molar-refractivity contribution in [1.29, 1.82) is 0 Å². The molecule has 0 bridgehead atoms. The van der Waals surface area contributed by atoms with Crippen LogP contribution < -0.4 is 4.90 Å². The fraction of sp³-hybridized carbons (Fsp3) is 0.500. The Hall–Kier alpha value is -1.35. The van der Waals surface area contributed by atoms with E-state index in [2.05, 4.69) is 4.90 Å². The van der Waals surface area contributed by atoms with E-state index in [0.717, 1.165) is 38.2 Å². The zero-order valence-electron chi connectivity index (χ0n) is 9.89. The predicted molar refractivity (Wildman–Crippen MR) is 66.5 cm³/mol. The second-order valence-electron chi connectivity index (χ2n) is 5.18. The van der Waals surface area contributed by atoms with Crippen molar-refractivity contribution in [2.75, 3.05) is 31.2 Å². The summed E-state index contributed by atoms with van der Waals surface area (Å²) in [5.74, 6) is 0. The molecule has 2 aliphatic heterocycles. The first-order chi connectivity index (χ1) is 8.31. The number of anilines is 1. The summed E-state index contributed by atoms with van der Waals surface area (Å²) >= 11 is 0. The van der Waals surface area contributed by atoms with Crippen molar-refractivity contribution in [3.63, 3.8) is 0 Å². The van der Waals surface area contributed by atoms with Gasteiger partial charge in [0.05, 0.1) is 0 Å². The topological polar surface area (TPSA) is 29.5 Å². The maximum Gasteiger partial charge on any atom is 0.150 e. The van der Waals surface area contributed by atoms with Crippen molar-refractivity contribution in [3.8, 4) is 0 Å². The van der Waals surface area contributed by atoms with Gasteiger partial charge in [0.25, 0.3) is 0 Å². The molecule has 1 spiro atoms. The highest BCUT2D eigenvalue weighted by Crippen LogP contribution is 2.41. The second-order valence-corrected chi connectivity index (χ2v) is 5.18. The quantitative estimate of drug-likeness (QED) is 0.730. The van der Waals surface area contributed by atoms with E-state index in [9.17, 15) is 4.79 Å². The highest BCUT2D eigenvalue weighted by Gasteiger charge is 2.43. The molecule has 0 atom stereocenters. The molecule has 3 nitrogen and oxygen atoms in total. The van der Waals surface area contributed by atoms with Crippen LogP contribution in [-0.4, -0.2) is 32.6 Å². The molecule has 0 radical (unpaired) electrons. The molecule has 1 aromatic rings. The molecule has 2 fully saturated rings. The Balaban J connectivity index is 1.65. The molecule has 1 aromatic carbocycles. The fourth-order valence-corrected chi connectivity index (χ4v) is 2.83. The predicted octanol–water partition coefficient (Wildman–Crippen LogP) is 2.12. The van der Waals surface area contributed by atoms with Crippen molar-refractivity contribution in [3.05, 3.63) is 29.8 Å². The lowest BCUT2D eigenvalue weighted by atomic mass is 9.73. The molecular weight excluding hydrogens is 214 g/mol. The fourth-order valence-electron chi connectivity index (χ4n) is 2.83. The van der Waals surface area contributed by atoms with Gasteiger partial charge in [0.15, 0.2) is 0 Å². The van der Waals surface area contributed by atoms with Crippen LogP contribution in [0.4, 0.5) is 5.69 Å². The van der Waals surface area contributed by atoms with Gasteiger partial charge in [-0.1, -0.05) is 0 Å². The average Bonchev–Trinajstić information content (AvgIpc) is 2.37. The van der Waals surface area contributed by atoms with Crippen molar-refractivity contribution < 1.29 is 9.53 Å². The largest absolute Gasteiger partial charge is 0.381 e. The second kappa shape index (κ2) is 4.15. The van der Waals surface area contributed by atoms with E-state index in [4.69, 9.17) is 4.74 Å². The van der Waals surface area contributed by atoms with E-state index in [0.29, 0.717) is 5.41 Å². The lowest BCUT2D eigenvalue weighted by molar-refractivity contribution is -0.000193. The molecule has 3 heteroatoms. The summed E-state index contributed by atoms with van der Waals surface area (Å²) in [4.78, 5) is 13.0. The van der Waals surface area contributed by atoms with Crippen molar-refractivity contribution >= 4 is 12.0 Å². The van der Waals surface area contributed by atoms with Crippen molar-refractivity contribution in [2.45, 2.75) is 12.8 Å². The third-order valence-corrected chi connectivity index (χ3v) is 4.00. The Morgan fingerprint density at radius 2 is 1.76 bits per heavy atom. The maximum atomic E-state index is 10.6. The van der Waals surface area contributed by atoms with Crippen LogP contribution in [0.3, 0.4) is 0 Å². The molecular formula is C14H17NO2. The molecule has 0 N–H and O–H groups in total. The van der Waals surface area contributed by atoms with Gasteiger partial charge in [-0.25, -0.2) is 0 Å². The summed E-state index contributed by atoms with van der Waals surface area (Å²) < 4.78 is 5.41. The van der Waals surface area contributed by atoms with Crippen LogP contribution in [0.15, 0.2) is 24.3 Å². The molecule has 2 heterocycles. The van der Waals surface area contributed by atoms with Gasteiger partial charge >= 0.3 is 0 Å². The maximum absolute atomic E-state index is 10.6. The van der Waals surface area contributed by atoms with Gasteiger partial charge in [-0.3, -0.25) is 4.79 Å². The number of ether oxygens (including phenoxy) is 1. The number of rotatable bonds is 2. The average molecular weight is 231 g/mol. The van der Waals surface area contributed by atoms with E-state index in [1.54, 1.807) is 0 Å². The van der Waals surface area contributed by atoms with E-state index < -0.39 is 0 Å². The number of hydrogen-bond donors (Lipinski definition) is 0. The number of nitrogens with zero attached hydrogens (tertiary/aromatic N) is 1. The Bertz CT molecular complexity index is 399. The molecule has 2 saturated heterocycles. The van der Waals surface area contributed by atoms with E-state index in [1.807, 2.05) is 24.3 Å². The van der Waals surface area contributed by atoms with Gasteiger partial charge in [-0.2, -0.15) is 0 Å². The van der Waals surface area contributed by atoms with Gasteiger partial charge in [-0.15, -0.1) is 0 Å². The summed E-state index contributed by atoms with van der Waals surface area (Å²) in [6.07, 6.45) is 3.27. The Morgan fingerprint density at radius 1 is 1.12 bits per heavy atom. The first-order valence-corrected chi connectivity index (χ1v) is 6.19. The highest BCUT2D eigenvalue weighted by atomic mass is 16.5. The monoisotopic (exact) mass is 231 g/mol. The van der Waals surface area contributed by atoms with Crippen LogP contribution in [0.1, 0.15) is 23.2 Å². The minimum Gasteiger partial charge on any atom is -0.381 e. The van der Waals surface area contributed by atoms with E-state index in [-0.39, 0.29) is 0 Å². The minimum absolute atomic E-state index is 0.502.